The number of hydrogen-bond acceptors (Lipinski definition) is 3. The first-order valence-corrected chi connectivity index (χ1v) is 17.6. The summed E-state index contributed by atoms with van der Waals surface area (Å²) in [5, 5.41) is 5.52. The van der Waals surface area contributed by atoms with Gasteiger partial charge in [-0.05, 0) is 80.6 Å². The first-order valence-electron chi connectivity index (χ1n) is 17.6. The normalized spacial score (nSPS) is 11.5. The van der Waals surface area contributed by atoms with Crippen LogP contribution in [0.25, 0.3) is 77.0 Å². The van der Waals surface area contributed by atoms with Gasteiger partial charge < -0.3 is 9.32 Å². The minimum Gasteiger partial charge on any atom is -0.451 e. The summed E-state index contributed by atoms with van der Waals surface area (Å²) < 4.78 is 6.90. The van der Waals surface area contributed by atoms with Crippen LogP contribution >= 0.6 is 0 Å². The lowest BCUT2D eigenvalue weighted by molar-refractivity contribution is 0.672. The zero-order chi connectivity index (χ0) is 34.4. The highest BCUT2D eigenvalue weighted by atomic mass is 16.3. The summed E-state index contributed by atoms with van der Waals surface area (Å²) >= 11 is 0. The van der Waals surface area contributed by atoms with E-state index in [1.807, 2.05) is 12.3 Å². The van der Waals surface area contributed by atoms with Gasteiger partial charge in [-0.25, -0.2) is 0 Å². The van der Waals surface area contributed by atoms with Gasteiger partial charge in [-0.15, -0.1) is 0 Å². The maximum atomic E-state index is 6.90. The summed E-state index contributed by atoms with van der Waals surface area (Å²) in [6, 6.07) is 66.8. The predicted molar refractivity (Wildman–Crippen MR) is 218 cm³/mol. The third-order valence-electron chi connectivity index (χ3n) is 10.1. The van der Waals surface area contributed by atoms with Crippen LogP contribution in [0.2, 0.25) is 0 Å². The van der Waals surface area contributed by atoms with E-state index in [2.05, 4.69) is 187 Å². The van der Waals surface area contributed by atoms with Crippen molar-refractivity contribution >= 4 is 60.7 Å². The van der Waals surface area contributed by atoms with E-state index in [1.165, 1.54) is 27.5 Å². The molecule has 0 atom stereocenters. The highest BCUT2D eigenvalue weighted by molar-refractivity contribution is 6.15. The molecule has 10 aromatic rings. The summed E-state index contributed by atoms with van der Waals surface area (Å²) in [6.07, 6.45) is 1.94. The van der Waals surface area contributed by atoms with Crippen LogP contribution in [0.4, 0.5) is 17.1 Å². The predicted octanol–water partition coefficient (Wildman–Crippen LogP) is 13.8. The van der Waals surface area contributed by atoms with E-state index in [-0.39, 0.29) is 0 Å². The van der Waals surface area contributed by atoms with Gasteiger partial charge in [0, 0.05) is 33.7 Å². The third kappa shape index (κ3) is 5.02. The van der Waals surface area contributed by atoms with Crippen molar-refractivity contribution in [2.24, 2.45) is 0 Å². The summed E-state index contributed by atoms with van der Waals surface area (Å²) in [6.45, 7) is 0. The van der Waals surface area contributed by atoms with E-state index >= 15 is 0 Å². The van der Waals surface area contributed by atoms with Crippen LogP contribution in [-0.4, -0.2) is 4.98 Å². The van der Waals surface area contributed by atoms with Crippen LogP contribution in [0, 0.1) is 0 Å². The Bertz CT molecular complexity index is 2910. The fourth-order valence-corrected chi connectivity index (χ4v) is 7.63. The van der Waals surface area contributed by atoms with Crippen molar-refractivity contribution in [3.8, 4) is 33.4 Å². The molecule has 0 amide bonds. The van der Waals surface area contributed by atoms with E-state index in [0.29, 0.717) is 0 Å². The number of furan rings is 1. The van der Waals surface area contributed by atoms with E-state index < -0.39 is 0 Å². The molecule has 10 rings (SSSR count). The molecular formula is C49H32N2O. The van der Waals surface area contributed by atoms with E-state index in [0.717, 1.165) is 66.6 Å². The molecule has 0 spiro atoms. The summed E-state index contributed by atoms with van der Waals surface area (Å²) in [4.78, 5) is 7.25. The van der Waals surface area contributed by atoms with Gasteiger partial charge in [-0.2, -0.15) is 0 Å². The average molecular weight is 665 g/mol. The Morgan fingerprint density at radius 3 is 1.87 bits per heavy atom. The van der Waals surface area contributed by atoms with Gasteiger partial charge in [0.15, 0.2) is 11.2 Å². The van der Waals surface area contributed by atoms with Crippen LogP contribution in [0.3, 0.4) is 0 Å². The quantitative estimate of drug-likeness (QED) is 0.177. The Hall–Kier alpha value is -6.97. The standard InChI is InChI=1S/C49H32N2O/c1-3-14-33(15-4-1)36-21-11-22-38(30-36)51(46-27-13-26-44-47-49(52-48(44)46)42-24-10-8-19-37(42)32-50-47)39-28-29-41(34-16-5-2-6-17-34)45(31-39)43-25-12-20-35-18-7-9-23-40(35)43/h1-32H. The zero-order valence-corrected chi connectivity index (χ0v) is 28.3. The van der Waals surface area contributed by atoms with Crippen molar-refractivity contribution in [2.45, 2.75) is 0 Å². The van der Waals surface area contributed by atoms with Gasteiger partial charge >= 0.3 is 0 Å². The highest BCUT2D eigenvalue weighted by Gasteiger charge is 2.23. The molecule has 0 saturated carbocycles. The third-order valence-corrected chi connectivity index (χ3v) is 10.1. The Morgan fingerprint density at radius 1 is 0.385 bits per heavy atom. The molecule has 52 heavy (non-hydrogen) atoms. The number of hydrogen-bond donors (Lipinski definition) is 0. The van der Waals surface area contributed by atoms with Gasteiger partial charge in [0.2, 0.25) is 0 Å². The van der Waals surface area contributed by atoms with Crippen molar-refractivity contribution in [2.75, 3.05) is 4.90 Å². The number of nitrogens with zero attached hydrogens (tertiary/aromatic N) is 2. The number of rotatable bonds is 6. The summed E-state index contributed by atoms with van der Waals surface area (Å²) in [5.41, 5.74) is 12.5. The van der Waals surface area contributed by atoms with E-state index in [9.17, 15) is 0 Å². The van der Waals surface area contributed by atoms with Crippen molar-refractivity contribution in [3.05, 3.63) is 194 Å². The van der Waals surface area contributed by atoms with Crippen molar-refractivity contribution in [3.63, 3.8) is 0 Å². The monoisotopic (exact) mass is 664 g/mol. The molecule has 0 saturated heterocycles. The number of para-hydroxylation sites is 1. The molecule has 8 aromatic carbocycles. The molecule has 3 nitrogen and oxygen atoms in total. The van der Waals surface area contributed by atoms with Crippen LogP contribution < -0.4 is 4.90 Å². The Morgan fingerprint density at radius 2 is 1.02 bits per heavy atom. The minimum absolute atomic E-state index is 0.797. The number of anilines is 3. The van der Waals surface area contributed by atoms with E-state index in [4.69, 9.17) is 9.40 Å². The average Bonchev–Trinajstić information content (AvgIpc) is 3.62. The molecular weight excluding hydrogens is 633 g/mol. The lowest BCUT2D eigenvalue weighted by Gasteiger charge is -2.27. The first kappa shape index (κ1) is 29.9. The second kappa shape index (κ2) is 12.4. The Kier molecular flexibility index (Phi) is 7.14. The van der Waals surface area contributed by atoms with Gasteiger partial charge in [0.25, 0.3) is 0 Å². The maximum Gasteiger partial charge on any atom is 0.161 e. The van der Waals surface area contributed by atoms with Gasteiger partial charge in [0.05, 0.1) is 5.69 Å². The zero-order valence-electron chi connectivity index (χ0n) is 28.3. The molecule has 0 bridgehead atoms. The van der Waals surface area contributed by atoms with E-state index in [1.54, 1.807) is 0 Å². The molecule has 2 aromatic heterocycles. The molecule has 0 fully saturated rings. The number of pyridine rings is 1. The maximum absolute atomic E-state index is 6.90. The first-order chi connectivity index (χ1) is 25.8. The highest BCUT2D eigenvalue weighted by Crippen LogP contribution is 2.46. The largest absolute Gasteiger partial charge is 0.451 e. The smallest absolute Gasteiger partial charge is 0.161 e. The van der Waals surface area contributed by atoms with Crippen LogP contribution in [-0.2, 0) is 0 Å². The molecule has 0 aliphatic rings. The molecule has 0 unspecified atom stereocenters. The Balaban J connectivity index is 1.26. The molecule has 0 N–H and O–H groups in total. The molecule has 3 heteroatoms. The van der Waals surface area contributed by atoms with Crippen molar-refractivity contribution in [1.82, 2.24) is 4.98 Å². The van der Waals surface area contributed by atoms with Crippen LogP contribution in [0.5, 0.6) is 0 Å². The second-order valence-electron chi connectivity index (χ2n) is 13.2. The molecule has 0 aliphatic carbocycles. The van der Waals surface area contributed by atoms with Gasteiger partial charge in [0.1, 0.15) is 5.52 Å². The van der Waals surface area contributed by atoms with Gasteiger partial charge in [-0.1, -0.05) is 152 Å². The molecule has 2 heterocycles. The van der Waals surface area contributed by atoms with Crippen LogP contribution in [0.15, 0.2) is 199 Å². The van der Waals surface area contributed by atoms with Gasteiger partial charge in [-0.3, -0.25) is 4.98 Å². The lowest BCUT2D eigenvalue weighted by atomic mass is 9.90. The topological polar surface area (TPSA) is 29.3 Å². The van der Waals surface area contributed by atoms with Crippen molar-refractivity contribution in [1.29, 1.82) is 0 Å². The lowest BCUT2D eigenvalue weighted by Crippen LogP contribution is -2.10. The second-order valence-corrected chi connectivity index (χ2v) is 13.2. The molecule has 0 aliphatic heterocycles. The minimum atomic E-state index is 0.797. The van der Waals surface area contributed by atoms with Crippen LogP contribution in [0.1, 0.15) is 0 Å². The molecule has 0 radical (unpaired) electrons. The Labute approximate surface area is 301 Å². The fraction of sp³-hybridized carbons (Fsp3) is 0. The SMILES string of the molecule is c1ccc(-c2cccc(N(c3ccc(-c4ccccc4)c(-c4cccc5ccccc45)c3)c3cccc4c3oc3c5ccccc5cnc43)c2)cc1. The number of fused-ring (bicyclic) bond motifs is 6. The summed E-state index contributed by atoms with van der Waals surface area (Å²) in [5.74, 6) is 0. The molecule has 244 valence electrons. The fourth-order valence-electron chi connectivity index (χ4n) is 7.63. The number of benzene rings is 8. The van der Waals surface area contributed by atoms with Crippen molar-refractivity contribution < 1.29 is 4.42 Å². The number of aromatic nitrogens is 1. The summed E-state index contributed by atoms with van der Waals surface area (Å²) in [7, 11) is 0.